The van der Waals surface area contributed by atoms with E-state index in [1.807, 2.05) is 6.92 Å². The monoisotopic (exact) mass is 310 g/mol. The average molecular weight is 310 g/mol. The zero-order chi connectivity index (χ0) is 16.8. The van der Waals surface area contributed by atoms with Crippen LogP contribution in [0.3, 0.4) is 0 Å². The van der Waals surface area contributed by atoms with Crippen molar-refractivity contribution in [3.63, 3.8) is 0 Å². The summed E-state index contributed by atoms with van der Waals surface area (Å²) in [6.07, 6.45) is 0.833. The Labute approximate surface area is 129 Å². The van der Waals surface area contributed by atoms with Crippen LogP contribution in [0.1, 0.15) is 34.1 Å². The first-order chi connectivity index (χ1) is 10.2. The minimum Gasteiger partial charge on any atom is -0.482 e. The quantitative estimate of drug-likeness (QED) is 0.472. The van der Waals surface area contributed by atoms with Gasteiger partial charge in [-0.2, -0.15) is 0 Å². The summed E-state index contributed by atoms with van der Waals surface area (Å²) in [5.41, 5.74) is -0.240. The molecule has 0 atom stereocenters. The Hall–Kier alpha value is -2.31. The Morgan fingerprint density at radius 1 is 1.36 bits per heavy atom. The number of carbonyl (C=O) groups is 1. The third kappa shape index (κ3) is 5.99. The third-order valence-electron chi connectivity index (χ3n) is 2.51. The Balaban J connectivity index is 2.75. The van der Waals surface area contributed by atoms with E-state index in [1.54, 1.807) is 20.8 Å². The molecule has 1 aromatic carbocycles. The molecule has 0 aliphatic heterocycles. The van der Waals surface area contributed by atoms with Crippen molar-refractivity contribution in [2.75, 3.05) is 18.5 Å². The van der Waals surface area contributed by atoms with Gasteiger partial charge in [-0.3, -0.25) is 10.1 Å². The van der Waals surface area contributed by atoms with Gasteiger partial charge in [0.05, 0.1) is 4.92 Å². The smallest absolute Gasteiger partial charge is 0.344 e. The first-order valence-corrected chi connectivity index (χ1v) is 7.10. The summed E-state index contributed by atoms with van der Waals surface area (Å²) in [7, 11) is 0. The Morgan fingerprint density at radius 2 is 2.05 bits per heavy atom. The molecule has 0 saturated heterocycles. The van der Waals surface area contributed by atoms with Crippen LogP contribution in [0.15, 0.2) is 18.2 Å². The number of carbonyl (C=O) groups excluding carboxylic acids is 1. The van der Waals surface area contributed by atoms with E-state index >= 15 is 0 Å². The molecule has 1 N–H and O–H groups in total. The van der Waals surface area contributed by atoms with E-state index in [0.717, 1.165) is 6.42 Å². The molecule has 0 amide bonds. The molecule has 7 heteroatoms. The van der Waals surface area contributed by atoms with Crippen molar-refractivity contribution in [1.82, 2.24) is 0 Å². The van der Waals surface area contributed by atoms with Gasteiger partial charge in [0.1, 0.15) is 17.0 Å². The Bertz CT molecular complexity index is 537. The van der Waals surface area contributed by atoms with Crippen LogP contribution in [0.2, 0.25) is 0 Å². The number of benzene rings is 1. The van der Waals surface area contributed by atoms with Gasteiger partial charge in [-0.15, -0.1) is 0 Å². The topological polar surface area (TPSA) is 90.7 Å². The summed E-state index contributed by atoms with van der Waals surface area (Å²) in [6, 6.07) is 4.32. The number of anilines is 1. The molecule has 0 aromatic heterocycles. The van der Waals surface area contributed by atoms with Crippen LogP contribution in [0, 0.1) is 10.1 Å². The molecule has 0 unspecified atom stereocenters. The van der Waals surface area contributed by atoms with Crippen LogP contribution in [0.25, 0.3) is 0 Å². The number of nitrogens with zero attached hydrogens (tertiary/aromatic N) is 1. The van der Waals surface area contributed by atoms with Crippen molar-refractivity contribution in [2.45, 2.75) is 39.7 Å². The number of ether oxygens (including phenoxy) is 2. The maximum Gasteiger partial charge on any atom is 0.344 e. The summed E-state index contributed by atoms with van der Waals surface area (Å²) in [4.78, 5) is 22.1. The van der Waals surface area contributed by atoms with Crippen LogP contribution < -0.4 is 10.1 Å². The Kier molecular flexibility index (Phi) is 6.15. The van der Waals surface area contributed by atoms with E-state index in [9.17, 15) is 14.9 Å². The largest absolute Gasteiger partial charge is 0.482 e. The predicted octanol–water partition coefficient (Wildman–Crippen LogP) is 3.14. The fraction of sp³-hybridized carbons (Fsp3) is 0.533. The second kappa shape index (κ2) is 7.63. The molecule has 7 nitrogen and oxygen atoms in total. The van der Waals surface area contributed by atoms with Crippen molar-refractivity contribution in [3.05, 3.63) is 28.3 Å². The van der Waals surface area contributed by atoms with Crippen LogP contribution in [-0.4, -0.2) is 29.6 Å². The standard InChI is InChI=1S/C15H22N2O5/c1-5-8-16-12-9-11(6-7-13(12)17(19)20)21-10-14(18)22-15(2,3)4/h6-7,9,16H,5,8,10H2,1-4H3. The highest BCUT2D eigenvalue weighted by molar-refractivity contribution is 5.72. The van der Waals surface area contributed by atoms with E-state index in [1.165, 1.54) is 18.2 Å². The maximum absolute atomic E-state index is 11.6. The van der Waals surface area contributed by atoms with Gasteiger partial charge in [-0.05, 0) is 33.3 Å². The van der Waals surface area contributed by atoms with Crippen molar-refractivity contribution in [3.8, 4) is 5.75 Å². The van der Waals surface area contributed by atoms with E-state index in [2.05, 4.69) is 5.32 Å². The molecule has 1 aromatic rings. The normalized spacial score (nSPS) is 10.9. The van der Waals surface area contributed by atoms with Crippen LogP contribution >= 0.6 is 0 Å². The summed E-state index contributed by atoms with van der Waals surface area (Å²) in [5.74, 6) is -0.121. The molecule has 0 heterocycles. The first-order valence-electron chi connectivity index (χ1n) is 7.10. The zero-order valence-electron chi connectivity index (χ0n) is 13.3. The van der Waals surface area contributed by atoms with Gasteiger partial charge in [0.15, 0.2) is 6.61 Å². The molecule has 0 saturated carbocycles. The maximum atomic E-state index is 11.6. The summed E-state index contributed by atoms with van der Waals surface area (Å²) in [6.45, 7) is 7.62. The number of hydrogen-bond acceptors (Lipinski definition) is 6. The van der Waals surface area contributed by atoms with Gasteiger partial charge >= 0.3 is 5.97 Å². The minimum atomic E-state index is -0.580. The number of esters is 1. The SMILES string of the molecule is CCCNc1cc(OCC(=O)OC(C)(C)C)ccc1[N+](=O)[O-]. The fourth-order valence-corrected chi connectivity index (χ4v) is 1.68. The first kappa shape index (κ1) is 17.7. The van der Waals surface area contributed by atoms with Crippen molar-refractivity contribution in [2.24, 2.45) is 0 Å². The molecule has 22 heavy (non-hydrogen) atoms. The second-order valence-corrected chi connectivity index (χ2v) is 5.74. The molecule has 0 fully saturated rings. The molecule has 1 rings (SSSR count). The molecular weight excluding hydrogens is 288 g/mol. The van der Waals surface area contributed by atoms with Crippen LogP contribution in [-0.2, 0) is 9.53 Å². The van der Waals surface area contributed by atoms with E-state index in [4.69, 9.17) is 9.47 Å². The van der Waals surface area contributed by atoms with Crippen LogP contribution in [0.5, 0.6) is 5.75 Å². The molecule has 0 spiro atoms. The molecule has 0 bridgehead atoms. The van der Waals surface area contributed by atoms with Crippen LogP contribution in [0.4, 0.5) is 11.4 Å². The van der Waals surface area contributed by atoms with Gasteiger partial charge in [0, 0.05) is 18.7 Å². The highest BCUT2D eigenvalue weighted by atomic mass is 16.6. The van der Waals surface area contributed by atoms with E-state index in [-0.39, 0.29) is 12.3 Å². The number of nitro groups is 1. The number of nitrogens with one attached hydrogen (secondary N) is 1. The third-order valence-corrected chi connectivity index (χ3v) is 2.51. The lowest BCUT2D eigenvalue weighted by Gasteiger charge is -2.19. The van der Waals surface area contributed by atoms with Gasteiger partial charge in [0.2, 0.25) is 0 Å². The highest BCUT2D eigenvalue weighted by Gasteiger charge is 2.18. The minimum absolute atomic E-state index is 0.0296. The summed E-state index contributed by atoms with van der Waals surface area (Å²) in [5, 5.41) is 13.9. The summed E-state index contributed by atoms with van der Waals surface area (Å²) < 4.78 is 10.5. The van der Waals surface area contributed by atoms with Crippen molar-refractivity contribution >= 4 is 17.3 Å². The zero-order valence-corrected chi connectivity index (χ0v) is 13.3. The number of nitro benzene ring substituents is 1. The van der Waals surface area contributed by atoms with E-state index in [0.29, 0.717) is 18.0 Å². The van der Waals surface area contributed by atoms with Crippen molar-refractivity contribution in [1.29, 1.82) is 0 Å². The fourth-order valence-electron chi connectivity index (χ4n) is 1.68. The molecule has 0 radical (unpaired) electrons. The van der Waals surface area contributed by atoms with Crippen molar-refractivity contribution < 1.29 is 19.2 Å². The molecular formula is C15H22N2O5. The molecule has 0 aliphatic rings. The Morgan fingerprint density at radius 3 is 2.59 bits per heavy atom. The van der Waals surface area contributed by atoms with Gasteiger partial charge in [0.25, 0.3) is 5.69 Å². The number of rotatable bonds is 7. The lowest BCUT2D eigenvalue weighted by atomic mass is 10.2. The van der Waals surface area contributed by atoms with Gasteiger partial charge < -0.3 is 14.8 Å². The lowest BCUT2D eigenvalue weighted by molar-refractivity contribution is -0.384. The van der Waals surface area contributed by atoms with Gasteiger partial charge in [-0.25, -0.2) is 4.79 Å². The van der Waals surface area contributed by atoms with Gasteiger partial charge in [-0.1, -0.05) is 6.92 Å². The molecule has 0 aliphatic carbocycles. The average Bonchev–Trinajstić information content (AvgIpc) is 2.40. The lowest BCUT2D eigenvalue weighted by Crippen LogP contribution is -2.27. The van der Waals surface area contributed by atoms with E-state index < -0.39 is 16.5 Å². The summed E-state index contributed by atoms with van der Waals surface area (Å²) >= 11 is 0. The second-order valence-electron chi connectivity index (χ2n) is 5.74. The predicted molar refractivity (Wildman–Crippen MR) is 83.2 cm³/mol. The number of hydrogen-bond donors (Lipinski definition) is 1. The molecule has 122 valence electrons. The highest BCUT2D eigenvalue weighted by Crippen LogP contribution is 2.29.